The second-order valence-corrected chi connectivity index (χ2v) is 6.32. The van der Waals surface area contributed by atoms with Crippen molar-refractivity contribution >= 4 is 11.6 Å². The second-order valence-electron chi connectivity index (χ2n) is 6.32. The van der Waals surface area contributed by atoms with E-state index >= 15 is 0 Å². The lowest BCUT2D eigenvalue weighted by molar-refractivity contribution is 0.682. The van der Waals surface area contributed by atoms with Crippen LogP contribution in [-0.2, 0) is 19.9 Å². The van der Waals surface area contributed by atoms with Crippen molar-refractivity contribution in [3.05, 3.63) is 42.0 Å². The van der Waals surface area contributed by atoms with Crippen LogP contribution in [0, 0.1) is 13.8 Å². The molecule has 1 saturated heterocycles. The minimum Gasteiger partial charge on any atom is -0.340 e. The molecule has 7 nitrogen and oxygen atoms in total. The van der Waals surface area contributed by atoms with Gasteiger partial charge in [-0.3, -0.25) is 4.68 Å². The molecule has 124 valence electrons. The zero-order valence-electron chi connectivity index (χ0n) is 14.1. The van der Waals surface area contributed by atoms with Gasteiger partial charge in [-0.05, 0) is 38.3 Å². The van der Waals surface area contributed by atoms with Crippen LogP contribution in [0.15, 0.2) is 12.1 Å². The van der Waals surface area contributed by atoms with Gasteiger partial charge in [-0.1, -0.05) is 0 Å². The Labute approximate surface area is 141 Å². The molecule has 1 aliphatic rings. The van der Waals surface area contributed by atoms with Crippen LogP contribution in [0.2, 0.25) is 0 Å². The van der Waals surface area contributed by atoms with Crippen molar-refractivity contribution in [1.29, 1.82) is 0 Å². The van der Waals surface area contributed by atoms with Crippen molar-refractivity contribution in [2.24, 2.45) is 7.05 Å². The molecule has 3 aromatic rings. The number of anilines is 1. The Morgan fingerprint density at radius 3 is 2.67 bits per heavy atom. The first-order valence-electron chi connectivity index (χ1n) is 8.37. The van der Waals surface area contributed by atoms with E-state index in [9.17, 15) is 0 Å². The fourth-order valence-corrected chi connectivity index (χ4v) is 3.14. The summed E-state index contributed by atoms with van der Waals surface area (Å²) in [6, 6.07) is 3.96. The third-order valence-electron chi connectivity index (χ3n) is 4.59. The maximum absolute atomic E-state index is 6.02. The zero-order chi connectivity index (χ0) is 16.7. The Bertz CT molecular complexity index is 871. The highest BCUT2D eigenvalue weighted by Gasteiger charge is 2.18. The maximum atomic E-state index is 6.02. The van der Waals surface area contributed by atoms with Gasteiger partial charge >= 0.3 is 0 Å². The minimum atomic E-state index is 0.599. The minimum absolute atomic E-state index is 0.599. The molecule has 0 atom stereocenters. The van der Waals surface area contributed by atoms with E-state index < -0.39 is 0 Å². The molecule has 1 aliphatic heterocycles. The summed E-state index contributed by atoms with van der Waals surface area (Å²) in [6.45, 7) is 10.0. The van der Waals surface area contributed by atoms with Crippen LogP contribution < -0.4 is 4.90 Å². The quantitative estimate of drug-likeness (QED) is 0.730. The summed E-state index contributed by atoms with van der Waals surface area (Å²) >= 11 is 0. The topological polar surface area (TPSA) is 64.1 Å². The van der Waals surface area contributed by atoms with Crippen LogP contribution >= 0.6 is 0 Å². The lowest BCUT2D eigenvalue weighted by Gasteiger charge is -2.10. The van der Waals surface area contributed by atoms with Gasteiger partial charge in [0, 0.05) is 33.5 Å². The monoisotopic (exact) mass is 323 g/mol. The van der Waals surface area contributed by atoms with Crippen LogP contribution in [0.3, 0.4) is 0 Å². The number of aromatic nitrogens is 6. The lowest BCUT2D eigenvalue weighted by atomic mass is 10.2. The van der Waals surface area contributed by atoms with E-state index in [2.05, 4.69) is 20.1 Å². The van der Waals surface area contributed by atoms with E-state index in [1.807, 2.05) is 30.8 Å². The number of aryl methyl sites for hydroxylation is 4. The Morgan fingerprint density at radius 2 is 1.88 bits per heavy atom. The average Bonchev–Trinajstić information content (AvgIpc) is 3.27. The van der Waals surface area contributed by atoms with E-state index in [0.29, 0.717) is 5.69 Å². The number of fused-ring (bicyclic) bond motifs is 1. The van der Waals surface area contributed by atoms with Crippen LogP contribution in [0.1, 0.15) is 35.7 Å². The second kappa shape index (κ2) is 5.89. The summed E-state index contributed by atoms with van der Waals surface area (Å²) in [4.78, 5) is 11.3. The number of hydrogen-bond acceptors (Lipinski definition) is 5. The molecule has 4 rings (SSSR count). The summed E-state index contributed by atoms with van der Waals surface area (Å²) in [5, 5.41) is 9.13. The van der Waals surface area contributed by atoms with Crippen molar-refractivity contribution in [3.8, 4) is 0 Å². The summed E-state index contributed by atoms with van der Waals surface area (Å²) < 4.78 is 3.58. The van der Waals surface area contributed by atoms with Gasteiger partial charge in [0.25, 0.3) is 0 Å². The lowest BCUT2D eigenvalue weighted by Crippen LogP contribution is -2.19. The largest absolute Gasteiger partial charge is 0.340 e. The smallest absolute Gasteiger partial charge is 0.244 e. The molecule has 0 aliphatic carbocycles. The number of imidazole rings is 1. The van der Waals surface area contributed by atoms with E-state index in [-0.39, 0.29) is 0 Å². The van der Waals surface area contributed by atoms with E-state index in [4.69, 9.17) is 11.9 Å². The van der Waals surface area contributed by atoms with Crippen LogP contribution in [0.5, 0.6) is 0 Å². The first-order chi connectivity index (χ1) is 11.6. The van der Waals surface area contributed by atoms with Gasteiger partial charge in [-0.15, -0.1) is 5.10 Å². The maximum Gasteiger partial charge on any atom is 0.244 e. The molecule has 7 heteroatoms. The van der Waals surface area contributed by atoms with Gasteiger partial charge < -0.3 is 4.90 Å². The Morgan fingerprint density at radius 1 is 1.08 bits per heavy atom. The molecule has 2 radical (unpaired) electrons. The van der Waals surface area contributed by atoms with Crippen molar-refractivity contribution in [2.45, 2.75) is 32.6 Å². The molecular formula is C17H21N7. The van der Waals surface area contributed by atoms with Gasteiger partial charge in [0.15, 0.2) is 5.65 Å². The predicted octanol–water partition coefficient (Wildman–Crippen LogP) is 1.61. The third kappa shape index (κ3) is 2.64. The Balaban J connectivity index is 1.51. The molecule has 0 bridgehead atoms. The molecule has 0 aromatic carbocycles. The van der Waals surface area contributed by atoms with E-state index in [1.54, 1.807) is 4.52 Å². The molecule has 24 heavy (non-hydrogen) atoms. The highest BCUT2D eigenvalue weighted by molar-refractivity contribution is 5.42. The number of nitrogens with zero attached hydrogens (tertiary/aromatic N) is 7. The average molecular weight is 323 g/mol. The Hall–Kier alpha value is -2.44. The molecule has 0 N–H and O–H groups in total. The molecule has 0 amide bonds. The van der Waals surface area contributed by atoms with Crippen molar-refractivity contribution in [3.63, 3.8) is 0 Å². The zero-order valence-corrected chi connectivity index (χ0v) is 14.1. The fraction of sp³-hybridized carbons (Fsp3) is 0.471. The fourth-order valence-electron chi connectivity index (χ4n) is 3.14. The molecule has 0 saturated carbocycles. The molecule has 0 unspecified atom stereocenters. The summed E-state index contributed by atoms with van der Waals surface area (Å²) in [5.41, 5.74) is 3.16. The van der Waals surface area contributed by atoms with Gasteiger partial charge in [0.1, 0.15) is 5.82 Å². The highest BCUT2D eigenvalue weighted by atomic mass is 15.4. The first-order valence-corrected chi connectivity index (χ1v) is 8.37. The summed E-state index contributed by atoms with van der Waals surface area (Å²) in [6.07, 6.45) is 4.04. The van der Waals surface area contributed by atoms with E-state index in [1.165, 1.54) is 12.8 Å². The predicted molar refractivity (Wildman–Crippen MR) is 91.0 cm³/mol. The van der Waals surface area contributed by atoms with Crippen LogP contribution in [0.25, 0.3) is 5.65 Å². The standard InChI is InChI=1S/C17H21N7/c1-12-13(2)24-16(18-12)9-7-14(20-24)6-8-15-19-17(21-22(15)3)23-10-4-5-11-23/h2,7,9H,4-6,8,10-11H2,1,3H3. The summed E-state index contributed by atoms with van der Waals surface area (Å²) in [7, 11) is 1.95. The van der Waals surface area contributed by atoms with Gasteiger partial charge in [0.05, 0.1) is 17.1 Å². The molecule has 0 spiro atoms. The molecular weight excluding hydrogens is 302 g/mol. The van der Waals surface area contributed by atoms with Crippen LogP contribution in [0.4, 0.5) is 5.95 Å². The number of hydrogen-bond donors (Lipinski definition) is 0. The number of rotatable bonds is 4. The van der Waals surface area contributed by atoms with Gasteiger partial charge in [-0.25, -0.2) is 9.50 Å². The van der Waals surface area contributed by atoms with E-state index in [0.717, 1.165) is 54.7 Å². The molecule has 1 fully saturated rings. The van der Waals surface area contributed by atoms with Crippen LogP contribution in [-0.4, -0.2) is 42.5 Å². The first kappa shape index (κ1) is 15.1. The Kier molecular flexibility index (Phi) is 3.70. The van der Waals surface area contributed by atoms with Gasteiger partial charge in [-0.2, -0.15) is 10.1 Å². The SMILES string of the molecule is [CH]c1c(C)nc2ccc(CCc3nc(N4CCCC4)nn3C)nn12. The van der Waals surface area contributed by atoms with Crippen molar-refractivity contribution in [1.82, 2.24) is 29.4 Å². The molecule has 3 aromatic heterocycles. The van der Waals surface area contributed by atoms with Crippen molar-refractivity contribution < 1.29 is 0 Å². The highest BCUT2D eigenvalue weighted by Crippen LogP contribution is 2.17. The molecule has 4 heterocycles. The third-order valence-corrected chi connectivity index (χ3v) is 4.59. The van der Waals surface area contributed by atoms with Gasteiger partial charge in [0.2, 0.25) is 5.95 Å². The normalized spacial score (nSPS) is 14.9. The van der Waals surface area contributed by atoms with Crippen molar-refractivity contribution in [2.75, 3.05) is 18.0 Å². The summed E-state index contributed by atoms with van der Waals surface area (Å²) in [5.74, 6) is 1.83.